The minimum absolute atomic E-state index is 0.238. The topological polar surface area (TPSA) is 63.6 Å². The maximum atomic E-state index is 11.1. The van der Waals surface area contributed by atoms with Gasteiger partial charge in [-0.05, 0) is 18.6 Å². The summed E-state index contributed by atoms with van der Waals surface area (Å²) < 4.78 is 4.78. The van der Waals surface area contributed by atoms with E-state index in [1.54, 1.807) is 31.2 Å². The van der Waals surface area contributed by atoms with Gasteiger partial charge in [0.1, 0.15) is 0 Å². The van der Waals surface area contributed by atoms with Crippen molar-refractivity contribution in [3.63, 3.8) is 0 Å². The molecular formula is C12H14O4S. The quantitative estimate of drug-likeness (QED) is 0.788. The molecule has 92 valence electrons. The molecule has 0 radical (unpaired) electrons. The molecule has 0 aliphatic heterocycles. The number of aromatic carboxylic acids is 1. The summed E-state index contributed by atoms with van der Waals surface area (Å²) in [6.45, 7) is 2.12. The van der Waals surface area contributed by atoms with Gasteiger partial charge in [0.15, 0.2) is 0 Å². The zero-order valence-electron chi connectivity index (χ0n) is 9.51. The Balaban J connectivity index is 2.52. The van der Waals surface area contributed by atoms with E-state index in [0.717, 1.165) is 0 Å². The molecule has 4 nitrogen and oxygen atoms in total. The molecule has 0 saturated carbocycles. The highest BCUT2D eigenvalue weighted by Crippen LogP contribution is 2.16. The van der Waals surface area contributed by atoms with E-state index in [-0.39, 0.29) is 17.3 Å². The summed E-state index contributed by atoms with van der Waals surface area (Å²) >= 11 is 1.35. The maximum absolute atomic E-state index is 11.1. The number of carboxylic acid groups (broad SMARTS) is 1. The van der Waals surface area contributed by atoms with Crippen LogP contribution in [0.25, 0.3) is 0 Å². The highest BCUT2D eigenvalue weighted by atomic mass is 32.2. The molecule has 0 spiro atoms. The van der Waals surface area contributed by atoms with Gasteiger partial charge in [0.2, 0.25) is 0 Å². The van der Waals surface area contributed by atoms with E-state index >= 15 is 0 Å². The molecule has 0 fully saturated rings. The highest BCUT2D eigenvalue weighted by molar-refractivity contribution is 7.99. The Labute approximate surface area is 104 Å². The van der Waals surface area contributed by atoms with E-state index in [2.05, 4.69) is 0 Å². The van der Waals surface area contributed by atoms with Crippen LogP contribution in [0, 0.1) is 0 Å². The van der Waals surface area contributed by atoms with Crippen LogP contribution in [0.3, 0.4) is 0 Å². The van der Waals surface area contributed by atoms with Gasteiger partial charge >= 0.3 is 11.9 Å². The van der Waals surface area contributed by atoms with Crippen molar-refractivity contribution in [1.82, 2.24) is 0 Å². The smallest absolute Gasteiger partial charge is 0.335 e. The second kappa shape index (κ2) is 6.96. The molecule has 1 N–H and O–H groups in total. The average Bonchev–Trinajstić information content (AvgIpc) is 2.30. The summed E-state index contributed by atoms with van der Waals surface area (Å²) in [6.07, 6.45) is 0. The zero-order chi connectivity index (χ0) is 12.7. The molecule has 0 aromatic heterocycles. The van der Waals surface area contributed by atoms with Gasteiger partial charge < -0.3 is 9.84 Å². The zero-order valence-corrected chi connectivity index (χ0v) is 10.3. The van der Waals surface area contributed by atoms with Crippen LogP contribution in [0.2, 0.25) is 0 Å². The number of rotatable bonds is 6. The van der Waals surface area contributed by atoms with Gasteiger partial charge in [-0.2, -0.15) is 0 Å². The maximum Gasteiger partial charge on any atom is 0.335 e. The van der Waals surface area contributed by atoms with Crippen LogP contribution in [-0.2, 0) is 15.3 Å². The molecule has 1 aromatic carbocycles. The second-order valence-electron chi connectivity index (χ2n) is 3.26. The van der Waals surface area contributed by atoms with Crippen molar-refractivity contribution in [2.45, 2.75) is 12.7 Å². The molecule has 1 rings (SSSR count). The minimum atomic E-state index is -0.947. The molecular weight excluding hydrogens is 240 g/mol. The predicted octanol–water partition coefficient (Wildman–Crippen LogP) is 2.18. The summed E-state index contributed by atoms with van der Waals surface area (Å²) in [5.41, 5.74) is 0.998. The first-order chi connectivity index (χ1) is 8.15. The fourth-order valence-electron chi connectivity index (χ4n) is 1.30. The standard InChI is InChI=1S/C12H14O4S/c1-2-16-11(13)8-17-7-9-5-3-4-6-10(9)12(14)15/h3-6H,2,7-8H2,1H3,(H,14,15). The molecule has 17 heavy (non-hydrogen) atoms. The van der Waals surface area contributed by atoms with Crippen LogP contribution >= 0.6 is 11.8 Å². The van der Waals surface area contributed by atoms with Crippen LogP contribution in [0.15, 0.2) is 24.3 Å². The number of carbonyl (C=O) groups is 2. The van der Waals surface area contributed by atoms with Crippen LogP contribution < -0.4 is 0 Å². The third-order valence-electron chi connectivity index (χ3n) is 2.03. The molecule has 5 heteroatoms. The van der Waals surface area contributed by atoms with Crippen molar-refractivity contribution >= 4 is 23.7 Å². The molecule has 0 heterocycles. The number of benzene rings is 1. The molecule has 0 unspecified atom stereocenters. The first-order valence-corrected chi connectivity index (χ1v) is 6.35. The van der Waals surface area contributed by atoms with E-state index in [1.807, 2.05) is 0 Å². The van der Waals surface area contributed by atoms with Gasteiger partial charge in [0.25, 0.3) is 0 Å². The SMILES string of the molecule is CCOC(=O)CSCc1ccccc1C(=O)O. The Morgan fingerprint density at radius 2 is 2.06 bits per heavy atom. The van der Waals surface area contributed by atoms with E-state index in [4.69, 9.17) is 9.84 Å². The molecule has 0 amide bonds. The van der Waals surface area contributed by atoms with Gasteiger partial charge in [-0.3, -0.25) is 4.79 Å². The van der Waals surface area contributed by atoms with Crippen molar-refractivity contribution < 1.29 is 19.4 Å². The molecule has 0 atom stereocenters. The number of esters is 1. The van der Waals surface area contributed by atoms with Crippen LogP contribution in [-0.4, -0.2) is 29.4 Å². The molecule has 0 bridgehead atoms. The first-order valence-electron chi connectivity index (χ1n) is 5.19. The fourth-order valence-corrected chi connectivity index (χ4v) is 2.13. The number of carboxylic acids is 1. The largest absolute Gasteiger partial charge is 0.478 e. The normalized spacial score (nSPS) is 9.94. The van der Waals surface area contributed by atoms with Gasteiger partial charge in [0, 0.05) is 5.75 Å². The summed E-state index contributed by atoms with van der Waals surface area (Å²) in [7, 11) is 0. The van der Waals surface area contributed by atoms with Gasteiger partial charge in [-0.25, -0.2) is 4.79 Å². The van der Waals surface area contributed by atoms with Gasteiger partial charge in [0.05, 0.1) is 17.9 Å². The van der Waals surface area contributed by atoms with E-state index in [9.17, 15) is 9.59 Å². The van der Waals surface area contributed by atoms with Crippen molar-refractivity contribution in [3.05, 3.63) is 35.4 Å². The second-order valence-corrected chi connectivity index (χ2v) is 4.25. The van der Waals surface area contributed by atoms with Crippen molar-refractivity contribution in [2.75, 3.05) is 12.4 Å². The Morgan fingerprint density at radius 1 is 1.35 bits per heavy atom. The van der Waals surface area contributed by atoms with E-state index in [1.165, 1.54) is 11.8 Å². The number of hydrogen-bond acceptors (Lipinski definition) is 4. The predicted molar refractivity (Wildman–Crippen MR) is 66.2 cm³/mol. The van der Waals surface area contributed by atoms with E-state index in [0.29, 0.717) is 17.9 Å². The number of thioether (sulfide) groups is 1. The van der Waals surface area contributed by atoms with Crippen LogP contribution in [0.1, 0.15) is 22.8 Å². The van der Waals surface area contributed by atoms with Crippen LogP contribution in [0.5, 0.6) is 0 Å². The Hall–Kier alpha value is -1.49. The summed E-state index contributed by atoms with van der Waals surface area (Å²) in [4.78, 5) is 22.0. The van der Waals surface area contributed by atoms with Gasteiger partial charge in [-0.1, -0.05) is 18.2 Å². The minimum Gasteiger partial charge on any atom is -0.478 e. The fraction of sp³-hybridized carbons (Fsp3) is 0.333. The monoisotopic (exact) mass is 254 g/mol. The summed E-state index contributed by atoms with van der Waals surface area (Å²) in [6, 6.07) is 6.78. The number of ether oxygens (including phenoxy) is 1. The summed E-state index contributed by atoms with van der Waals surface area (Å²) in [5, 5.41) is 8.96. The van der Waals surface area contributed by atoms with Crippen LogP contribution in [0.4, 0.5) is 0 Å². The lowest BCUT2D eigenvalue weighted by Gasteiger charge is -2.05. The van der Waals surface area contributed by atoms with Crippen molar-refractivity contribution in [1.29, 1.82) is 0 Å². The third kappa shape index (κ3) is 4.48. The van der Waals surface area contributed by atoms with Gasteiger partial charge in [-0.15, -0.1) is 11.8 Å². The molecule has 0 saturated heterocycles. The highest BCUT2D eigenvalue weighted by Gasteiger charge is 2.09. The molecule has 0 aliphatic rings. The lowest BCUT2D eigenvalue weighted by molar-refractivity contribution is -0.139. The number of hydrogen-bond donors (Lipinski definition) is 1. The first kappa shape index (κ1) is 13.6. The Bertz CT molecular complexity index is 403. The van der Waals surface area contributed by atoms with E-state index < -0.39 is 5.97 Å². The Morgan fingerprint density at radius 3 is 2.71 bits per heavy atom. The van der Waals surface area contributed by atoms with Crippen molar-refractivity contribution in [2.24, 2.45) is 0 Å². The summed E-state index contributed by atoms with van der Waals surface area (Å²) in [5.74, 6) is -0.494. The average molecular weight is 254 g/mol. The molecule has 1 aromatic rings. The molecule has 0 aliphatic carbocycles. The lowest BCUT2D eigenvalue weighted by atomic mass is 10.1. The number of carbonyl (C=O) groups excluding carboxylic acids is 1. The Kier molecular flexibility index (Phi) is 5.56. The third-order valence-corrected chi connectivity index (χ3v) is 2.99. The lowest BCUT2D eigenvalue weighted by Crippen LogP contribution is -2.07. The van der Waals surface area contributed by atoms with Crippen molar-refractivity contribution in [3.8, 4) is 0 Å².